The summed E-state index contributed by atoms with van der Waals surface area (Å²) in [5, 5.41) is 8.75. The molecule has 1 aromatic rings. The predicted octanol–water partition coefficient (Wildman–Crippen LogP) is 2.51. The van der Waals surface area contributed by atoms with Gasteiger partial charge in [-0.25, -0.2) is 0 Å². The fourth-order valence-electron chi connectivity index (χ4n) is 0.552. The largest absolute Gasteiger partial charge is 0.286 e. The van der Waals surface area contributed by atoms with Crippen LogP contribution in [0, 0.1) is 12.3 Å². The van der Waals surface area contributed by atoms with Gasteiger partial charge in [0.15, 0.2) is 4.34 Å². The van der Waals surface area contributed by atoms with Crippen LogP contribution in [0.5, 0.6) is 0 Å². The van der Waals surface area contributed by atoms with Gasteiger partial charge in [-0.05, 0) is 18.7 Å². The Morgan fingerprint density at radius 2 is 2.00 bits per heavy atom. The lowest BCUT2D eigenvalue weighted by Gasteiger charge is -2.13. The van der Waals surface area contributed by atoms with Gasteiger partial charge in [0.1, 0.15) is 5.01 Å². The number of hydrogen-bond donors (Lipinski definition) is 0. The van der Waals surface area contributed by atoms with Crippen molar-refractivity contribution >= 4 is 28.2 Å². The monoisotopic (exact) mass is 216 g/mol. The Hall–Kier alpha value is -0.420. The molecule has 3 nitrogen and oxygen atoms in total. The number of nitrogens with zero attached hydrogens (tertiary/aromatic N) is 2. The zero-order valence-electron chi connectivity index (χ0n) is 8.12. The molecule has 1 rings (SSSR count). The third kappa shape index (κ3) is 3.08. The number of aryl methyl sites for hydroxylation is 1. The molecule has 13 heavy (non-hydrogen) atoms. The van der Waals surface area contributed by atoms with Crippen molar-refractivity contribution in [3.63, 3.8) is 0 Å². The zero-order chi connectivity index (χ0) is 10.1. The number of rotatable bonds is 1. The van der Waals surface area contributed by atoms with Crippen LogP contribution in [0.3, 0.4) is 0 Å². The molecular formula is C8H12N2OS2. The van der Waals surface area contributed by atoms with Gasteiger partial charge in [-0.1, -0.05) is 32.1 Å². The Labute approximate surface area is 86.0 Å². The molecule has 0 unspecified atom stereocenters. The standard InChI is InChI=1S/C8H12N2OS2/c1-5-9-10-7(12-5)13-6(11)8(2,3)4/h1-4H3. The van der Waals surface area contributed by atoms with Crippen LogP contribution in [0.4, 0.5) is 0 Å². The van der Waals surface area contributed by atoms with Gasteiger partial charge in [0, 0.05) is 5.41 Å². The zero-order valence-corrected chi connectivity index (χ0v) is 9.75. The molecule has 0 aliphatic rings. The van der Waals surface area contributed by atoms with Crippen molar-refractivity contribution in [2.24, 2.45) is 5.41 Å². The first-order chi connectivity index (χ1) is 5.89. The van der Waals surface area contributed by atoms with Crippen molar-refractivity contribution in [2.45, 2.75) is 32.0 Å². The number of thioether (sulfide) groups is 1. The van der Waals surface area contributed by atoms with Crippen molar-refractivity contribution in [1.82, 2.24) is 10.2 Å². The smallest absolute Gasteiger partial charge is 0.201 e. The maximum absolute atomic E-state index is 11.5. The van der Waals surface area contributed by atoms with Crippen molar-refractivity contribution in [3.8, 4) is 0 Å². The highest BCUT2D eigenvalue weighted by atomic mass is 32.2. The van der Waals surface area contributed by atoms with Crippen LogP contribution in [0.1, 0.15) is 25.8 Å². The van der Waals surface area contributed by atoms with Gasteiger partial charge < -0.3 is 0 Å². The highest BCUT2D eigenvalue weighted by Gasteiger charge is 2.23. The fraction of sp³-hybridized carbons (Fsp3) is 0.625. The summed E-state index contributed by atoms with van der Waals surface area (Å²) in [5.74, 6) is 0. The molecule has 72 valence electrons. The third-order valence-electron chi connectivity index (χ3n) is 1.30. The van der Waals surface area contributed by atoms with Gasteiger partial charge in [0.05, 0.1) is 0 Å². The second-order valence-corrected chi connectivity index (χ2v) is 6.13. The van der Waals surface area contributed by atoms with Crippen LogP contribution in [0.2, 0.25) is 0 Å². The third-order valence-corrected chi connectivity index (χ3v) is 3.49. The SMILES string of the molecule is Cc1nnc(SC(=O)C(C)(C)C)s1. The summed E-state index contributed by atoms with van der Waals surface area (Å²) >= 11 is 2.63. The molecule has 1 heterocycles. The Kier molecular flexibility index (Phi) is 3.08. The molecule has 0 radical (unpaired) electrons. The van der Waals surface area contributed by atoms with Crippen molar-refractivity contribution in [1.29, 1.82) is 0 Å². The Morgan fingerprint density at radius 1 is 1.38 bits per heavy atom. The van der Waals surface area contributed by atoms with E-state index in [1.807, 2.05) is 27.7 Å². The number of hydrogen-bond acceptors (Lipinski definition) is 5. The van der Waals surface area contributed by atoms with Crippen LogP contribution >= 0.6 is 23.1 Å². The van der Waals surface area contributed by atoms with Crippen molar-refractivity contribution < 1.29 is 4.79 Å². The van der Waals surface area contributed by atoms with E-state index >= 15 is 0 Å². The van der Waals surface area contributed by atoms with Crippen molar-refractivity contribution in [2.75, 3.05) is 0 Å². The molecule has 0 aliphatic carbocycles. The van der Waals surface area contributed by atoms with E-state index in [2.05, 4.69) is 10.2 Å². The molecule has 0 amide bonds. The maximum Gasteiger partial charge on any atom is 0.201 e. The first-order valence-corrected chi connectivity index (χ1v) is 5.55. The van der Waals surface area contributed by atoms with E-state index in [4.69, 9.17) is 0 Å². The lowest BCUT2D eigenvalue weighted by molar-refractivity contribution is -0.117. The van der Waals surface area contributed by atoms with Gasteiger partial charge in [-0.2, -0.15) is 0 Å². The average Bonchev–Trinajstić information content (AvgIpc) is 2.33. The molecule has 0 saturated carbocycles. The predicted molar refractivity (Wildman–Crippen MR) is 55.0 cm³/mol. The van der Waals surface area contributed by atoms with E-state index in [0.29, 0.717) is 0 Å². The second kappa shape index (κ2) is 3.75. The van der Waals surface area contributed by atoms with E-state index in [1.165, 1.54) is 23.1 Å². The quantitative estimate of drug-likeness (QED) is 0.676. The summed E-state index contributed by atoms with van der Waals surface area (Å²) < 4.78 is 0.734. The second-order valence-electron chi connectivity index (χ2n) is 3.73. The number of carbonyl (C=O) groups is 1. The van der Waals surface area contributed by atoms with E-state index in [-0.39, 0.29) is 10.5 Å². The molecule has 5 heteroatoms. The van der Waals surface area contributed by atoms with Crippen LogP contribution in [-0.2, 0) is 4.79 Å². The molecule has 1 aromatic heterocycles. The van der Waals surface area contributed by atoms with E-state index in [9.17, 15) is 4.79 Å². The maximum atomic E-state index is 11.5. The van der Waals surface area contributed by atoms with Crippen LogP contribution in [-0.4, -0.2) is 15.3 Å². The summed E-state index contributed by atoms with van der Waals surface area (Å²) in [6.07, 6.45) is 0. The highest BCUT2D eigenvalue weighted by molar-refractivity contribution is 8.15. The summed E-state index contributed by atoms with van der Waals surface area (Å²) in [6, 6.07) is 0. The molecule has 0 bridgehead atoms. The van der Waals surface area contributed by atoms with Crippen LogP contribution in [0.25, 0.3) is 0 Å². The average molecular weight is 216 g/mol. The fourth-order valence-corrected chi connectivity index (χ4v) is 2.27. The van der Waals surface area contributed by atoms with Gasteiger partial charge >= 0.3 is 0 Å². The first-order valence-electron chi connectivity index (χ1n) is 3.92. The lowest BCUT2D eigenvalue weighted by atomic mass is 10.00. The van der Waals surface area contributed by atoms with Crippen molar-refractivity contribution in [3.05, 3.63) is 5.01 Å². The topological polar surface area (TPSA) is 42.9 Å². The number of carbonyl (C=O) groups excluding carboxylic acids is 1. The van der Waals surface area contributed by atoms with E-state index < -0.39 is 0 Å². The van der Waals surface area contributed by atoms with Crippen LogP contribution in [0.15, 0.2) is 4.34 Å². The Morgan fingerprint density at radius 3 is 2.38 bits per heavy atom. The minimum absolute atomic E-state index is 0.128. The number of aromatic nitrogens is 2. The van der Waals surface area contributed by atoms with Gasteiger partial charge in [0.2, 0.25) is 5.12 Å². The van der Waals surface area contributed by atoms with Gasteiger partial charge in [0.25, 0.3) is 0 Å². The van der Waals surface area contributed by atoms with Gasteiger partial charge in [-0.3, -0.25) is 4.79 Å². The molecule has 0 aliphatic heterocycles. The molecule has 0 spiro atoms. The van der Waals surface area contributed by atoms with Gasteiger partial charge in [-0.15, -0.1) is 10.2 Å². The molecule has 0 atom stereocenters. The minimum atomic E-state index is -0.315. The lowest BCUT2D eigenvalue weighted by Crippen LogP contribution is -2.15. The first kappa shape index (κ1) is 10.7. The highest BCUT2D eigenvalue weighted by Crippen LogP contribution is 2.30. The molecule has 0 saturated heterocycles. The summed E-state index contributed by atoms with van der Waals surface area (Å²) in [5.41, 5.74) is -0.315. The Balaban J connectivity index is 2.65. The Bertz CT molecular complexity index is 314. The summed E-state index contributed by atoms with van der Waals surface area (Å²) in [7, 11) is 0. The molecule has 0 fully saturated rings. The molecule has 0 aromatic carbocycles. The van der Waals surface area contributed by atoms with E-state index in [0.717, 1.165) is 9.35 Å². The minimum Gasteiger partial charge on any atom is -0.286 e. The van der Waals surface area contributed by atoms with Crippen LogP contribution < -0.4 is 0 Å². The van der Waals surface area contributed by atoms with E-state index in [1.54, 1.807) is 0 Å². The summed E-state index contributed by atoms with van der Waals surface area (Å²) in [6.45, 7) is 7.58. The molecule has 0 N–H and O–H groups in total. The molecular weight excluding hydrogens is 204 g/mol. The normalized spacial score (nSPS) is 11.7. The summed E-state index contributed by atoms with van der Waals surface area (Å²) in [4.78, 5) is 11.5.